The third-order valence-electron chi connectivity index (χ3n) is 8.41. The van der Waals surface area contributed by atoms with Gasteiger partial charge in [0, 0.05) is 25.6 Å². The molecule has 178 valence electrons. The normalized spacial score (nSPS) is 26.4. The average molecular weight is 463 g/mol. The van der Waals surface area contributed by atoms with Crippen LogP contribution >= 0.6 is 0 Å². The molecule has 9 nitrogen and oxygen atoms in total. The maximum atomic E-state index is 13.4. The number of hydrogen-bond donors (Lipinski definition) is 0. The zero-order chi connectivity index (χ0) is 23.4. The first-order valence-corrected chi connectivity index (χ1v) is 12.2. The van der Waals surface area contributed by atoms with Gasteiger partial charge in [-0.15, -0.1) is 5.10 Å². The van der Waals surface area contributed by atoms with E-state index < -0.39 is 0 Å². The molecule has 1 saturated heterocycles. The van der Waals surface area contributed by atoms with Crippen molar-refractivity contribution in [2.75, 3.05) is 20.2 Å². The molecule has 6 rings (SSSR count). The minimum atomic E-state index is -0.297. The molecular weight excluding hydrogens is 432 g/mol. The second-order valence-electron chi connectivity index (χ2n) is 10.3. The molecule has 1 aliphatic carbocycles. The maximum Gasteiger partial charge on any atom is 0.336 e. The van der Waals surface area contributed by atoms with Gasteiger partial charge in [0.15, 0.2) is 5.82 Å². The number of aromatic nitrogens is 4. The molecule has 34 heavy (non-hydrogen) atoms. The van der Waals surface area contributed by atoms with Crippen molar-refractivity contribution in [2.24, 2.45) is 5.41 Å². The van der Waals surface area contributed by atoms with Gasteiger partial charge in [-0.1, -0.05) is 12.1 Å². The number of tetrazole rings is 1. The van der Waals surface area contributed by atoms with Crippen LogP contribution in [0.25, 0.3) is 5.69 Å². The Kier molecular flexibility index (Phi) is 5.05. The number of benzene rings is 1. The lowest BCUT2D eigenvalue weighted by Crippen LogP contribution is -2.42. The van der Waals surface area contributed by atoms with E-state index in [1.807, 2.05) is 9.58 Å². The predicted octanol–water partition coefficient (Wildman–Crippen LogP) is 2.18. The smallest absolute Gasteiger partial charge is 0.336 e. The van der Waals surface area contributed by atoms with Crippen molar-refractivity contribution in [1.29, 1.82) is 0 Å². The third-order valence-corrected chi connectivity index (χ3v) is 8.41. The van der Waals surface area contributed by atoms with Crippen LogP contribution in [0.1, 0.15) is 56.0 Å². The summed E-state index contributed by atoms with van der Waals surface area (Å²) in [6.45, 7) is 3.57. The van der Waals surface area contributed by atoms with Crippen LogP contribution < -0.4 is 0 Å². The van der Waals surface area contributed by atoms with Crippen molar-refractivity contribution in [3.8, 4) is 5.69 Å². The number of carbonyl (C=O) groups is 2. The van der Waals surface area contributed by atoms with Crippen molar-refractivity contribution >= 4 is 11.9 Å². The van der Waals surface area contributed by atoms with E-state index in [1.54, 1.807) is 6.92 Å². The number of hydrogen-bond acceptors (Lipinski definition) is 7. The molecule has 4 heterocycles. The Hall–Kier alpha value is -3.07. The van der Waals surface area contributed by atoms with Crippen molar-refractivity contribution < 1.29 is 14.3 Å². The number of nitrogens with zero attached hydrogens (tertiary/aromatic N) is 6. The molecule has 0 N–H and O–H groups in total. The quantitative estimate of drug-likeness (QED) is 0.643. The number of fused-ring (bicyclic) bond motifs is 3. The number of amides is 1. The van der Waals surface area contributed by atoms with Gasteiger partial charge in [0.1, 0.15) is 6.61 Å². The molecule has 9 heteroatoms. The first-order valence-electron chi connectivity index (χ1n) is 12.2. The summed E-state index contributed by atoms with van der Waals surface area (Å²) < 4.78 is 6.99. The highest BCUT2D eigenvalue weighted by Gasteiger charge is 2.50. The molecule has 4 aliphatic rings. The van der Waals surface area contributed by atoms with Crippen LogP contribution in [0, 0.1) is 5.41 Å². The van der Waals surface area contributed by atoms with Crippen LogP contribution in [0.15, 0.2) is 29.5 Å². The molecule has 3 aliphatic heterocycles. The van der Waals surface area contributed by atoms with E-state index in [0.717, 1.165) is 68.7 Å². The first-order chi connectivity index (χ1) is 16.4. The van der Waals surface area contributed by atoms with E-state index in [-0.39, 0.29) is 23.9 Å². The topological polar surface area (TPSA) is 93.5 Å². The minimum absolute atomic E-state index is 0.193. The van der Waals surface area contributed by atoms with Crippen molar-refractivity contribution in [1.82, 2.24) is 30.0 Å². The minimum Gasteiger partial charge on any atom is -0.456 e. The third kappa shape index (κ3) is 3.36. The second kappa shape index (κ2) is 8.01. The predicted molar refractivity (Wildman–Crippen MR) is 123 cm³/mol. The number of esters is 1. The van der Waals surface area contributed by atoms with Gasteiger partial charge >= 0.3 is 5.97 Å². The van der Waals surface area contributed by atoms with E-state index in [2.05, 4.69) is 45.7 Å². The summed E-state index contributed by atoms with van der Waals surface area (Å²) in [5.74, 6) is 0.819. The Morgan fingerprint density at radius 2 is 2.00 bits per heavy atom. The molecule has 2 fully saturated rings. The molecule has 0 radical (unpaired) electrons. The molecular formula is C25H30N6O3. The maximum absolute atomic E-state index is 13.4. The van der Waals surface area contributed by atoms with Crippen molar-refractivity contribution in [2.45, 2.75) is 64.5 Å². The molecule has 1 aromatic heterocycles. The zero-order valence-electron chi connectivity index (χ0n) is 19.8. The van der Waals surface area contributed by atoms with Gasteiger partial charge in [0.2, 0.25) is 5.91 Å². The first kappa shape index (κ1) is 21.5. The highest BCUT2D eigenvalue weighted by atomic mass is 16.5. The number of likely N-dealkylation sites (tertiary alicyclic amines) is 1. The highest BCUT2D eigenvalue weighted by molar-refractivity contribution is 5.94. The fourth-order valence-corrected chi connectivity index (χ4v) is 6.24. The largest absolute Gasteiger partial charge is 0.456 e. The van der Waals surface area contributed by atoms with Gasteiger partial charge in [-0.05, 0) is 80.1 Å². The lowest BCUT2D eigenvalue weighted by Gasteiger charge is -2.39. The summed E-state index contributed by atoms with van der Waals surface area (Å²) in [6.07, 6.45) is 6.55. The van der Waals surface area contributed by atoms with Crippen LogP contribution in [0.2, 0.25) is 0 Å². The van der Waals surface area contributed by atoms with E-state index >= 15 is 0 Å². The van der Waals surface area contributed by atoms with Gasteiger partial charge in [-0.25, -0.2) is 4.79 Å². The number of rotatable bonds is 4. The van der Waals surface area contributed by atoms with Crippen LogP contribution in [0.4, 0.5) is 0 Å². The summed E-state index contributed by atoms with van der Waals surface area (Å²) in [6, 6.07) is 7.07. The van der Waals surface area contributed by atoms with Crippen molar-refractivity contribution in [3.63, 3.8) is 0 Å². The Bertz CT molecular complexity index is 1190. The lowest BCUT2D eigenvalue weighted by molar-refractivity contribution is -0.138. The van der Waals surface area contributed by atoms with Crippen LogP contribution in [-0.4, -0.2) is 68.1 Å². The second-order valence-corrected chi connectivity index (χ2v) is 10.3. The number of ether oxygens (including phenoxy) is 1. The van der Waals surface area contributed by atoms with Gasteiger partial charge in [-0.2, -0.15) is 4.68 Å². The van der Waals surface area contributed by atoms with E-state index in [9.17, 15) is 9.59 Å². The number of carbonyl (C=O) groups excluding carboxylic acids is 2. The van der Waals surface area contributed by atoms with Gasteiger partial charge in [0.25, 0.3) is 0 Å². The standard InChI is InChI=1S/C25H30N6O3/c1-16-21(15-34-23(16)32)30-12-11-25(24(30)33)9-7-19(8-10-25)29(2)14-17-3-5-20-18(13-17)4-6-22-26-27-28-31(20)22/h3,5,13,19H,4,6-12,14-15H2,1-2H3. The molecule has 1 saturated carbocycles. The fraction of sp³-hybridized carbons (Fsp3) is 0.560. The highest BCUT2D eigenvalue weighted by Crippen LogP contribution is 2.47. The molecule has 0 atom stereocenters. The van der Waals surface area contributed by atoms with Crippen LogP contribution in [0.3, 0.4) is 0 Å². The molecule has 0 unspecified atom stereocenters. The van der Waals surface area contributed by atoms with Crippen molar-refractivity contribution in [3.05, 3.63) is 46.4 Å². The fourth-order valence-electron chi connectivity index (χ4n) is 6.24. The Morgan fingerprint density at radius 1 is 1.18 bits per heavy atom. The van der Waals surface area contributed by atoms with Crippen LogP contribution in [0.5, 0.6) is 0 Å². The molecule has 1 spiro atoms. The zero-order valence-corrected chi connectivity index (χ0v) is 19.8. The summed E-state index contributed by atoms with van der Waals surface area (Å²) in [7, 11) is 2.19. The average Bonchev–Trinajstić information content (AvgIpc) is 3.54. The summed E-state index contributed by atoms with van der Waals surface area (Å²) in [5, 5.41) is 12.0. The van der Waals surface area contributed by atoms with Crippen LogP contribution in [-0.2, 0) is 33.7 Å². The Morgan fingerprint density at radius 3 is 2.76 bits per heavy atom. The Balaban J connectivity index is 1.10. The summed E-state index contributed by atoms with van der Waals surface area (Å²) in [5.41, 5.74) is 4.76. The molecule has 2 aromatic rings. The van der Waals surface area contributed by atoms with E-state index in [0.29, 0.717) is 18.2 Å². The van der Waals surface area contributed by atoms with E-state index in [1.165, 1.54) is 11.1 Å². The monoisotopic (exact) mass is 462 g/mol. The SMILES string of the molecule is CC1=C(N2CCC3(CCC(N(C)Cc4ccc5c(c4)CCc4nnnn4-5)CC3)C2=O)COC1=O. The summed E-state index contributed by atoms with van der Waals surface area (Å²) >= 11 is 0. The van der Waals surface area contributed by atoms with Gasteiger partial charge < -0.3 is 9.64 Å². The summed E-state index contributed by atoms with van der Waals surface area (Å²) in [4.78, 5) is 29.4. The van der Waals surface area contributed by atoms with Gasteiger partial charge in [-0.3, -0.25) is 9.69 Å². The Labute approximate surface area is 198 Å². The molecule has 1 amide bonds. The number of aryl methyl sites for hydroxylation is 2. The lowest BCUT2D eigenvalue weighted by atomic mass is 9.71. The number of cyclic esters (lactones) is 1. The molecule has 1 aromatic carbocycles. The molecule has 0 bridgehead atoms. The van der Waals surface area contributed by atoms with Gasteiger partial charge in [0.05, 0.1) is 22.4 Å². The van der Waals surface area contributed by atoms with E-state index in [4.69, 9.17) is 4.74 Å².